The van der Waals surface area contributed by atoms with Gasteiger partial charge in [0, 0.05) is 0 Å². The number of allylic oxidation sites excluding steroid dienone is 2. The fourth-order valence-corrected chi connectivity index (χ4v) is 1.45. The summed E-state index contributed by atoms with van der Waals surface area (Å²) >= 11 is 0. The van der Waals surface area contributed by atoms with Crippen LogP contribution in [-0.2, 0) is 9.36 Å². The molecule has 0 aliphatic heterocycles. The van der Waals surface area contributed by atoms with Crippen molar-refractivity contribution >= 4 is 13.4 Å². The Bertz CT molecular complexity index is 292. The summed E-state index contributed by atoms with van der Waals surface area (Å²) in [6, 6.07) is 0. The molecule has 0 saturated heterocycles. The minimum Gasteiger partial charge on any atom is -0.324 e. The van der Waals surface area contributed by atoms with E-state index in [1.54, 1.807) is 0 Å². The van der Waals surface area contributed by atoms with Crippen molar-refractivity contribution in [3.05, 3.63) is 11.9 Å². The van der Waals surface area contributed by atoms with Gasteiger partial charge in [-0.1, -0.05) is 13.8 Å². The van der Waals surface area contributed by atoms with Gasteiger partial charge in [-0.15, -0.1) is 0 Å². The van der Waals surface area contributed by atoms with Gasteiger partial charge in [0.15, 0.2) is 5.83 Å². The lowest BCUT2D eigenvalue weighted by Crippen LogP contribution is -2.05. The van der Waals surface area contributed by atoms with Crippen LogP contribution in [0, 0.1) is 5.92 Å². The Morgan fingerprint density at radius 3 is 2.40 bits per heavy atom. The maximum Gasteiger partial charge on any atom is 0.333 e. The smallest absolute Gasteiger partial charge is 0.324 e. The lowest BCUT2D eigenvalue weighted by atomic mass is 10.1. The summed E-state index contributed by atoms with van der Waals surface area (Å²) in [5, 5.41) is 0. The van der Waals surface area contributed by atoms with Gasteiger partial charge in [0.1, 0.15) is 6.16 Å². The maximum atomic E-state index is 12.9. The molecular formula is C9H16FO4P. The minimum absolute atomic E-state index is 0.394. The highest BCUT2D eigenvalue weighted by Gasteiger charge is 2.21. The Hall–Kier alpha value is -0.510. The largest absolute Gasteiger partial charge is 0.333 e. The molecule has 0 amide bonds. The molecule has 88 valence electrons. The highest BCUT2D eigenvalue weighted by Crippen LogP contribution is 2.34. The van der Waals surface area contributed by atoms with Crippen LogP contribution in [-0.4, -0.2) is 21.7 Å². The maximum absolute atomic E-state index is 12.9. The summed E-state index contributed by atoms with van der Waals surface area (Å²) in [7, 11) is -4.46. The molecule has 0 aliphatic rings. The Labute approximate surface area is 88.3 Å². The van der Waals surface area contributed by atoms with E-state index < -0.39 is 25.4 Å². The number of hydrogen-bond acceptors (Lipinski definition) is 2. The van der Waals surface area contributed by atoms with Crippen molar-refractivity contribution in [3.8, 4) is 0 Å². The normalized spacial score (nSPS) is 13.3. The molecule has 0 spiro atoms. The Balaban J connectivity index is 4.14. The highest BCUT2D eigenvalue weighted by molar-refractivity contribution is 7.52. The molecular weight excluding hydrogens is 222 g/mol. The molecule has 0 aromatic heterocycles. The van der Waals surface area contributed by atoms with Crippen molar-refractivity contribution in [3.63, 3.8) is 0 Å². The third kappa shape index (κ3) is 8.48. The zero-order chi connectivity index (χ0) is 12.1. The first-order valence-corrected chi connectivity index (χ1v) is 6.45. The number of halogens is 1. The van der Waals surface area contributed by atoms with E-state index in [-0.39, 0.29) is 0 Å². The standard InChI is InChI=1S/C9H16FO4P/c1-7(2)4-3-5-8(10)9(11)6-15(12,13)14/h5,7H,3-4,6H2,1-2H3,(H2,12,13,14). The van der Waals surface area contributed by atoms with Crippen molar-refractivity contribution < 1.29 is 23.5 Å². The second-order valence-electron chi connectivity index (χ2n) is 3.77. The number of carbonyl (C=O) groups excluding carboxylic acids is 1. The number of carbonyl (C=O) groups is 1. The lowest BCUT2D eigenvalue weighted by molar-refractivity contribution is -0.114. The summed E-state index contributed by atoms with van der Waals surface area (Å²) in [6.45, 7) is 3.92. The van der Waals surface area contributed by atoms with Crippen LogP contribution in [0.1, 0.15) is 26.7 Å². The zero-order valence-corrected chi connectivity index (χ0v) is 9.71. The van der Waals surface area contributed by atoms with Gasteiger partial charge in [0.25, 0.3) is 0 Å². The van der Waals surface area contributed by atoms with E-state index in [1.807, 2.05) is 13.8 Å². The monoisotopic (exact) mass is 238 g/mol. The molecule has 0 atom stereocenters. The predicted molar refractivity (Wildman–Crippen MR) is 55.2 cm³/mol. The predicted octanol–water partition coefficient (Wildman–Crippen LogP) is 2.02. The van der Waals surface area contributed by atoms with Crippen molar-refractivity contribution in [1.82, 2.24) is 0 Å². The topological polar surface area (TPSA) is 74.6 Å². The van der Waals surface area contributed by atoms with Crippen LogP contribution >= 0.6 is 7.60 Å². The molecule has 0 fully saturated rings. The van der Waals surface area contributed by atoms with Crippen LogP contribution in [0.5, 0.6) is 0 Å². The molecule has 6 heteroatoms. The molecule has 0 radical (unpaired) electrons. The molecule has 0 aliphatic carbocycles. The van der Waals surface area contributed by atoms with Gasteiger partial charge in [0.05, 0.1) is 0 Å². The number of hydrogen-bond donors (Lipinski definition) is 2. The number of rotatable bonds is 6. The summed E-state index contributed by atoms with van der Waals surface area (Å²) in [5.41, 5.74) is 0. The second kappa shape index (κ2) is 6.16. The van der Waals surface area contributed by atoms with Crippen molar-refractivity contribution in [2.75, 3.05) is 6.16 Å². The van der Waals surface area contributed by atoms with E-state index >= 15 is 0 Å². The van der Waals surface area contributed by atoms with Gasteiger partial charge >= 0.3 is 7.60 Å². The number of Topliss-reactive ketones (excluding diaryl/α,β-unsaturated/α-hetero) is 1. The van der Waals surface area contributed by atoms with Crippen LogP contribution in [0.2, 0.25) is 0 Å². The highest BCUT2D eigenvalue weighted by atomic mass is 31.2. The first-order valence-electron chi connectivity index (χ1n) is 4.66. The first kappa shape index (κ1) is 14.5. The Kier molecular flexibility index (Phi) is 5.95. The van der Waals surface area contributed by atoms with Crippen molar-refractivity contribution in [2.24, 2.45) is 5.92 Å². The second-order valence-corrected chi connectivity index (χ2v) is 5.41. The first-order chi connectivity index (χ1) is 6.72. The molecule has 4 nitrogen and oxygen atoms in total. The average Bonchev–Trinajstić information content (AvgIpc) is 1.99. The molecule has 0 aromatic carbocycles. The summed E-state index contributed by atoms with van der Waals surface area (Å²) < 4.78 is 23.4. The molecule has 0 saturated carbocycles. The molecule has 0 unspecified atom stereocenters. The van der Waals surface area contributed by atoms with E-state index in [9.17, 15) is 13.8 Å². The fraction of sp³-hybridized carbons (Fsp3) is 0.667. The molecule has 0 bridgehead atoms. The van der Waals surface area contributed by atoms with Gasteiger partial charge in [-0.25, -0.2) is 4.39 Å². The molecule has 0 aromatic rings. The van der Waals surface area contributed by atoms with E-state index in [1.165, 1.54) is 0 Å². The van der Waals surface area contributed by atoms with E-state index in [4.69, 9.17) is 9.79 Å². The Morgan fingerprint density at radius 2 is 2.00 bits per heavy atom. The van der Waals surface area contributed by atoms with Crippen LogP contribution in [0.3, 0.4) is 0 Å². The molecule has 0 rings (SSSR count). The van der Waals surface area contributed by atoms with Crippen LogP contribution in [0.25, 0.3) is 0 Å². The van der Waals surface area contributed by atoms with Gasteiger partial charge < -0.3 is 9.79 Å². The number of ketones is 1. The SMILES string of the molecule is CC(C)CCC=C(F)C(=O)CP(=O)(O)O. The third-order valence-electron chi connectivity index (χ3n) is 1.68. The van der Waals surface area contributed by atoms with Crippen molar-refractivity contribution in [1.29, 1.82) is 0 Å². The van der Waals surface area contributed by atoms with E-state index in [2.05, 4.69) is 0 Å². The van der Waals surface area contributed by atoms with E-state index in [0.717, 1.165) is 12.5 Å². The fourth-order valence-electron chi connectivity index (χ4n) is 0.920. The van der Waals surface area contributed by atoms with Crippen LogP contribution in [0.4, 0.5) is 4.39 Å². The quantitative estimate of drug-likeness (QED) is 0.548. The zero-order valence-electron chi connectivity index (χ0n) is 8.81. The van der Waals surface area contributed by atoms with E-state index in [0.29, 0.717) is 12.3 Å². The average molecular weight is 238 g/mol. The van der Waals surface area contributed by atoms with Gasteiger partial charge in [-0.05, 0) is 24.8 Å². The van der Waals surface area contributed by atoms with Crippen LogP contribution < -0.4 is 0 Å². The van der Waals surface area contributed by atoms with Gasteiger partial charge in [0.2, 0.25) is 5.78 Å². The van der Waals surface area contributed by atoms with Crippen molar-refractivity contribution in [2.45, 2.75) is 26.7 Å². The molecule has 15 heavy (non-hydrogen) atoms. The minimum atomic E-state index is -4.46. The lowest BCUT2D eigenvalue weighted by Gasteiger charge is -2.02. The van der Waals surface area contributed by atoms with Gasteiger partial charge in [-0.3, -0.25) is 9.36 Å². The Morgan fingerprint density at radius 1 is 1.47 bits per heavy atom. The molecule has 2 N–H and O–H groups in total. The third-order valence-corrected chi connectivity index (χ3v) is 2.38. The van der Waals surface area contributed by atoms with Crippen LogP contribution in [0.15, 0.2) is 11.9 Å². The summed E-state index contributed by atoms with van der Waals surface area (Å²) in [5.74, 6) is -1.79. The summed E-state index contributed by atoms with van der Waals surface area (Å²) in [4.78, 5) is 27.8. The van der Waals surface area contributed by atoms with Gasteiger partial charge in [-0.2, -0.15) is 0 Å². The molecule has 0 heterocycles. The summed E-state index contributed by atoms with van der Waals surface area (Å²) in [6.07, 6.45) is 1.15.